The summed E-state index contributed by atoms with van der Waals surface area (Å²) in [5.74, 6) is 0.895. The molecule has 0 spiro atoms. The van der Waals surface area contributed by atoms with E-state index in [2.05, 4.69) is 24.0 Å². The molecule has 1 aromatic heterocycles. The minimum Gasteiger partial charge on any atom is -0.496 e. The van der Waals surface area contributed by atoms with Gasteiger partial charge in [0.2, 0.25) is 0 Å². The molecule has 0 bridgehead atoms. The van der Waals surface area contributed by atoms with Crippen molar-refractivity contribution in [3.05, 3.63) is 47.0 Å². The number of nitriles is 1. The van der Waals surface area contributed by atoms with Gasteiger partial charge in [-0.2, -0.15) is 5.26 Å². The maximum absolute atomic E-state index is 9.02. The molecule has 0 amide bonds. The first kappa shape index (κ1) is 13.2. The maximum Gasteiger partial charge on any atom is 0.161 e. The number of ether oxygens (including phenoxy) is 1. The molecular weight excluding hydrogens is 238 g/mol. The quantitative estimate of drug-likeness (QED) is 0.843. The van der Waals surface area contributed by atoms with E-state index in [-0.39, 0.29) is 0 Å². The van der Waals surface area contributed by atoms with Gasteiger partial charge in [-0.15, -0.1) is 0 Å². The minimum absolute atomic E-state index is 0.508. The van der Waals surface area contributed by atoms with Crippen molar-refractivity contribution >= 4 is 0 Å². The summed E-state index contributed by atoms with van der Waals surface area (Å²) >= 11 is 0. The second-order valence-corrected chi connectivity index (χ2v) is 4.58. The number of aromatic nitrogens is 2. The zero-order valence-electron chi connectivity index (χ0n) is 11.5. The Balaban J connectivity index is 2.21. The molecule has 0 atom stereocenters. The molecule has 1 aromatic carbocycles. The van der Waals surface area contributed by atoms with Crippen LogP contribution in [-0.2, 0) is 19.9 Å². The molecule has 0 fully saturated rings. The van der Waals surface area contributed by atoms with Crippen molar-refractivity contribution in [2.45, 2.75) is 19.8 Å². The van der Waals surface area contributed by atoms with Gasteiger partial charge in [0.15, 0.2) is 5.69 Å². The zero-order chi connectivity index (χ0) is 13.8. The van der Waals surface area contributed by atoms with E-state index < -0.39 is 0 Å². The third-order valence-corrected chi connectivity index (χ3v) is 3.23. The van der Waals surface area contributed by atoms with Crippen LogP contribution in [0, 0.1) is 18.3 Å². The Kier molecular flexibility index (Phi) is 3.86. The number of aryl methyl sites for hydroxylation is 3. The number of hydrogen-bond acceptors (Lipinski definition) is 3. The topological polar surface area (TPSA) is 50.8 Å². The van der Waals surface area contributed by atoms with Crippen LogP contribution >= 0.6 is 0 Å². The number of imidazole rings is 1. The Bertz CT molecular complexity index is 623. The first-order chi connectivity index (χ1) is 9.15. The molecular formula is C15H17N3O. The largest absolute Gasteiger partial charge is 0.496 e. The van der Waals surface area contributed by atoms with Gasteiger partial charge in [-0.3, -0.25) is 0 Å². The van der Waals surface area contributed by atoms with Gasteiger partial charge in [0.05, 0.1) is 19.1 Å². The Labute approximate surface area is 113 Å². The molecule has 0 unspecified atom stereocenters. The first-order valence-electron chi connectivity index (χ1n) is 6.19. The van der Waals surface area contributed by atoms with Crippen molar-refractivity contribution in [1.82, 2.24) is 9.55 Å². The molecule has 19 heavy (non-hydrogen) atoms. The van der Waals surface area contributed by atoms with E-state index >= 15 is 0 Å². The predicted molar refractivity (Wildman–Crippen MR) is 73.1 cm³/mol. The van der Waals surface area contributed by atoms with Crippen LogP contribution in [0.2, 0.25) is 0 Å². The van der Waals surface area contributed by atoms with E-state index in [1.165, 1.54) is 5.56 Å². The van der Waals surface area contributed by atoms with Gasteiger partial charge in [0.25, 0.3) is 0 Å². The van der Waals surface area contributed by atoms with Crippen LogP contribution in [-0.4, -0.2) is 16.7 Å². The molecule has 2 rings (SSSR count). The van der Waals surface area contributed by atoms with E-state index in [4.69, 9.17) is 10.00 Å². The average Bonchev–Trinajstić information content (AvgIpc) is 2.77. The Morgan fingerprint density at radius 3 is 2.84 bits per heavy atom. The van der Waals surface area contributed by atoms with Crippen LogP contribution < -0.4 is 4.74 Å². The number of benzene rings is 1. The van der Waals surface area contributed by atoms with E-state index in [1.807, 2.05) is 23.7 Å². The highest BCUT2D eigenvalue weighted by molar-refractivity contribution is 5.38. The second kappa shape index (κ2) is 5.57. The average molecular weight is 255 g/mol. The summed E-state index contributed by atoms with van der Waals surface area (Å²) < 4.78 is 7.27. The van der Waals surface area contributed by atoms with Gasteiger partial charge >= 0.3 is 0 Å². The normalized spacial score (nSPS) is 10.2. The molecule has 0 radical (unpaired) electrons. The smallest absolute Gasteiger partial charge is 0.161 e. The molecule has 0 aliphatic carbocycles. The molecule has 4 heteroatoms. The summed E-state index contributed by atoms with van der Waals surface area (Å²) in [6, 6.07) is 8.28. The van der Waals surface area contributed by atoms with E-state index in [9.17, 15) is 0 Å². The van der Waals surface area contributed by atoms with Gasteiger partial charge in [-0.1, -0.05) is 17.7 Å². The van der Waals surface area contributed by atoms with E-state index in [1.54, 1.807) is 13.4 Å². The summed E-state index contributed by atoms with van der Waals surface area (Å²) in [6.45, 7) is 2.06. The van der Waals surface area contributed by atoms with Crippen molar-refractivity contribution < 1.29 is 4.74 Å². The highest BCUT2D eigenvalue weighted by atomic mass is 16.5. The Morgan fingerprint density at radius 2 is 2.16 bits per heavy atom. The summed E-state index contributed by atoms with van der Waals surface area (Å²) in [6.07, 6.45) is 3.29. The van der Waals surface area contributed by atoms with Gasteiger partial charge < -0.3 is 9.30 Å². The third kappa shape index (κ3) is 2.76. The number of rotatable bonds is 4. The molecule has 0 N–H and O–H groups in total. The highest BCUT2D eigenvalue weighted by Crippen LogP contribution is 2.22. The fraction of sp³-hybridized carbons (Fsp3) is 0.333. The number of methoxy groups -OCH3 is 1. The summed E-state index contributed by atoms with van der Waals surface area (Å²) in [5.41, 5.74) is 3.84. The van der Waals surface area contributed by atoms with Crippen LogP contribution in [0.1, 0.15) is 22.5 Å². The van der Waals surface area contributed by atoms with Gasteiger partial charge in [0, 0.05) is 7.05 Å². The lowest BCUT2D eigenvalue weighted by molar-refractivity contribution is 0.409. The summed E-state index contributed by atoms with van der Waals surface area (Å²) in [7, 11) is 3.59. The molecule has 0 saturated carbocycles. The van der Waals surface area contributed by atoms with E-state index in [0.717, 1.165) is 29.8 Å². The monoisotopic (exact) mass is 255 g/mol. The molecule has 2 aromatic rings. The van der Waals surface area contributed by atoms with Crippen LogP contribution in [0.5, 0.6) is 5.75 Å². The third-order valence-electron chi connectivity index (χ3n) is 3.23. The standard InChI is InChI=1S/C15H17N3O/c1-11-4-7-15(19-3)12(8-11)5-6-14-13(9-16)17-10-18(14)2/h4,7-8,10H,5-6H2,1-3H3. The molecule has 0 aliphatic heterocycles. The van der Waals surface area contributed by atoms with Crippen LogP contribution in [0.3, 0.4) is 0 Å². The van der Waals surface area contributed by atoms with Crippen molar-refractivity contribution in [3.63, 3.8) is 0 Å². The van der Waals surface area contributed by atoms with Crippen LogP contribution in [0.25, 0.3) is 0 Å². The number of nitrogens with zero attached hydrogens (tertiary/aromatic N) is 3. The lowest BCUT2D eigenvalue weighted by Crippen LogP contribution is -2.02. The Hall–Kier alpha value is -2.28. The fourth-order valence-electron chi connectivity index (χ4n) is 2.20. The van der Waals surface area contributed by atoms with Crippen molar-refractivity contribution in [2.24, 2.45) is 7.05 Å². The SMILES string of the molecule is COc1ccc(C)cc1CCc1c(C#N)ncn1C. The second-order valence-electron chi connectivity index (χ2n) is 4.58. The minimum atomic E-state index is 0.508. The molecule has 0 saturated heterocycles. The highest BCUT2D eigenvalue weighted by Gasteiger charge is 2.10. The van der Waals surface area contributed by atoms with Crippen molar-refractivity contribution in [3.8, 4) is 11.8 Å². The summed E-state index contributed by atoms with van der Waals surface area (Å²) in [4.78, 5) is 4.08. The summed E-state index contributed by atoms with van der Waals surface area (Å²) in [5, 5.41) is 9.02. The van der Waals surface area contributed by atoms with Gasteiger partial charge in [-0.25, -0.2) is 4.98 Å². The lowest BCUT2D eigenvalue weighted by atomic mass is 10.0. The van der Waals surface area contributed by atoms with Gasteiger partial charge in [0.1, 0.15) is 11.8 Å². The van der Waals surface area contributed by atoms with E-state index in [0.29, 0.717) is 5.69 Å². The number of hydrogen-bond donors (Lipinski definition) is 0. The van der Waals surface area contributed by atoms with Crippen LogP contribution in [0.15, 0.2) is 24.5 Å². The Morgan fingerprint density at radius 1 is 1.37 bits per heavy atom. The zero-order valence-corrected chi connectivity index (χ0v) is 11.5. The fourth-order valence-corrected chi connectivity index (χ4v) is 2.20. The first-order valence-corrected chi connectivity index (χ1v) is 6.19. The molecule has 1 heterocycles. The van der Waals surface area contributed by atoms with Crippen LogP contribution in [0.4, 0.5) is 0 Å². The lowest BCUT2D eigenvalue weighted by Gasteiger charge is -2.10. The van der Waals surface area contributed by atoms with Gasteiger partial charge in [-0.05, 0) is 31.4 Å². The molecule has 98 valence electrons. The van der Waals surface area contributed by atoms with Crippen molar-refractivity contribution in [2.75, 3.05) is 7.11 Å². The predicted octanol–water partition coefficient (Wildman–Crippen LogP) is 2.39. The molecule has 4 nitrogen and oxygen atoms in total. The maximum atomic E-state index is 9.02. The van der Waals surface area contributed by atoms with Crippen molar-refractivity contribution in [1.29, 1.82) is 5.26 Å². The molecule has 0 aliphatic rings.